The number of hydrogen-bond acceptors (Lipinski definition) is 4. The van der Waals surface area contributed by atoms with Gasteiger partial charge in [0.15, 0.2) is 0 Å². The number of nitrogens with one attached hydrogen (secondary N) is 2. The number of anilines is 3. The second kappa shape index (κ2) is 7.70. The van der Waals surface area contributed by atoms with Crippen molar-refractivity contribution in [1.82, 2.24) is 0 Å². The molecule has 0 atom stereocenters. The van der Waals surface area contributed by atoms with Crippen LogP contribution >= 0.6 is 11.6 Å². The standard InChI is InChI=1S/C17H18ClN3O3/c1-21(2)15-13(18)8-5-9-14(15)20-16(22)11-6-4-7-12(10-11)19-17(23)24-3/h4-10H,1-3H3,(H,19,23)(H,20,22). The molecule has 2 rings (SSSR count). The van der Waals surface area contributed by atoms with E-state index in [0.29, 0.717) is 22.0 Å². The van der Waals surface area contributed by atoms with E-state index in [-0.39, 0.29) is 5.91 Å². The third-order valence-electron chi connectivity index (χ3n) is 3.24. The molecular formula is C17H18ClN3O3. The van der Waals surface area contributed by atoms with Gasteiger partial charge in [-0.15, -0.1) is 0 Å². The summed E-state index contributed by atoms with van der Waals surface area (Å²) in [5, 5.41) is 5.89. The Morgan fingerprint density at radius 2 is 1.79 bits per heavy atom. The van der Waals surface area contributed by atoms with Gasteiger partial charge in [0.05, 0.1) is 23.5 Å². The van der Waals surface area contributed by atoms with Crippen molar-refractivity contribution in [2.75, 3.05) is 36.7 Å². The Morgan fingerprint density at radius 1 is 1.08 bits per heavy atom. The third-order valence-corrected chi connectivity index (χ3v) is 3.54. The molecule has 2 N–H and O–H groups in total. The van der Waals surface area contributed by atoms with E-state index in [4.69, 9.17) is 11.6 Å². The SMILES string of the molecule is COC(=O)Nc1cccc(C(=O)Nc2cccc(Cl)c2N(C)C)c1. The summed E-state index contributed by atoms with van der Waals surface area (Å²) in [6.45, 7) is 0. The average molecular weight is 348 g/mol. The minimum Gasteiger partial charge on any atom is -0.453 e. The van der Waals surface area contributed by atoms with Gasteiger partial charge in [-0.1, -0.05) is 23.7 Å². The molecule has 24 heavy (non-hydrogen) atoms. The molecule has 0 spiro atoms. The van der Waals surface area contributed by atoms with Gasteiger partial charge in [0.2, 0.25) is 0 Å². The number of ether oxygens (including phenoxy) is 1. The third kappa shape index (κ3) is 4.17. The molecular weight excluding hydrogens is 330 g/mol. The normalized spacial score (nSPS) is 10.0. The summed E-state index contributed by atoms with van der Waals surface area (Å²) in [6, 6.07) is 11.8. The molecule has 2 aromatic rings. The minimum atomic E-state index is -0.600. The highest BCUT2D eigenvalue weighted by atomic mass is 35.5. The number of para-hydroxylation sites is 1. The van der Waals surface area contributed by atoms with Gasteiger partial charge in [-0.3, -0.25) is 10.1 Å². The van der Waals surface area contributed by atoms with Crippen LogP contribution in [0.15, 0.2) is 42.5 Å². The summed E-state index contributed by atoms with van der Waals surface area (Å²) in [4.78, 5) is 25.6. The zero-order chi connectivity index (χ0) is 17.7. The predicted molar refractivity (Wildman–Crippen MR) is 96.2 cm³/mol. The van der Waals surface area contributed by atoms with Crippen molar-refractivity contribution in [2.45, 2.75) is 0 Å². The number of halogens is 1. The van der Waals surface area contributed by atoms with Gasteiger partial charge in [0.25, 0.3) is 5.91 Å². The van der Waals surface area contributed by atoms with Gasteiger partial charge < -0.3 is 15.0 Å². The van der Waals surface area contributed by atoms with Crippen LogP contribution in [0.2, 0.25) is 5.02 Å². The summed E-state index contributed by atoms with van der Waals surface area (Å²) in [6.07, 6.45) is -0.600. The molecule has 7 heteroatoms. The molecule has 0 bridgehead atoms. The van der Waals surface area contributed by atoms with Gasteiger partial charge in [-0.25, -0.2) is 4.79 Å². The Bertz CT molecular complexity index is 762. The zero-order valence-electron chi connectivity index (χ0n) is 13.6. The van der Waals surface area contributed by atoms with Crippen molar-refractivity contribution in [3.05, 3.63) is 53.1 Å². The highest BCUT2D eigenvalue weighted by Crippen LogP contribution is 2.32. The summed E-state index contributed by atoms with van der Waals surface area (Å²) in [5.41, 5.74) is 2.18. The number of hydrogen-bond donors (Lipinski definition) is 2. The largest absolute Gasteiger partial charge is 0.453 e. The maximum Gasteiger partial charge on any atom is 0.411 e. The van der Waals surface area contributed by atoms with Crippen LogP contribution in [0.3, 0.4) is 0 Å². The van der Waals surface area contributed by atoms with Gasteiger partial charge in [0.1, 0.15) is 0 Å². The van der Waals surface area contributed by atoms with E-state index in [2.05, 4.69) is 15.4 Å². The molecule has 0 radical (unpaired) electrons. The minimum absolute atomic E-state index is 0.311. The van der Waals surface area contributed by atoms with E-state index < -0.39 is 6.09 Å². The van der Waals surface area contributed by atoms with Crippen molar-refractivity contribution in [2.24, 2.45) is 0 Å². The summed E-state index contributed by atoms with van der Waals surface area (Å²) < 4.78 is 4.53. The van der Waals surface area contributed by atoms with Crippen LogP contribution in [0.1, 0.15) is 10.4 Å². The van der Waals surface area contributed by atoms with Gasteiger partial charge in [0, 0.05) is 25.3 Å². The fourth-order valence-corrected chi connectivity index (χ4v) is 2.52. The number of amides is 2. The maximum absolute atomic E-state index is 12.5. The Kier molecular flexibility index (Phi) is 5.65. The summed E-state index contributed by atoms with van der Waals surface area (Å²) in [5.74, 6) is -0.311. The quantitative estimate of drug-likeness (QED) is 0.881. The number of benzene rings is 2. The molecule has 6 nitrogen and oxygen atoms in total. The van der Waals surface area contributed by atoms with Crippen molar-refractivity contribution in [1.29, 1.82) is 0 Å². The molecule has 0 aliphatic heterocycles. The zero-order valence-corrected chi connectivity index (χ0v) is 14.3. The highest BCUT2D eigenvalue weighted by molar-refractivity contribution is 6.34. The Balaban J connectivity index is 2.23. The van der Waals surface area contributed by atoms with Crippen LogP contribution in [0.25, 0.3) is 0 Å². The Morgan fingerprint density at radius 3 is 2.46 bits per heavy atom. The monoisotopic (exact) mass is 347 g/mol. The van der Waals surface area contributed by atoms with E-state index in [1.807, 2.05) is 19.0 Å². The second-order valence-electron chi connectivity index (χ2n) is 5.18. The molecule has 0 heterocycles. The van der Waals surface area contributed by atoms with Crippen LogP contribution < -0.4 is 15.5 Å². The maximum atomic E-state index is 12.5. The lowest BCUT2D eigenvalue weighted by Gasteiger charge is -2.19. The van der Waals surface area contributed by atoms with E-state index in [9.17, 15) is 9.59 Å². The average Bonchev–Trinajstić information content (AvgIpc) is 2.54. The lowest BCUT2D eigenvalue weighted by atomic mass is 10.1. The smallest absolute Gasteiger partial charge is 0.411 e. The number of rotatable bonds is 4. The number of nitrogens with zero attached hydrogens (tertiary/aromatic N) is 1. The first-order valence-corrected chi connectivity index (χ1v) is 7.52. The molecule has 0 fully saturated rings. The van der Waals surface area contributed by atoms with Gasteiger partial charge >= 0.3 is 6.09 Å². The van der Waals surface area contributed by atoms with Crippen molar-refractivity contribution in [3.8, 4) is 0 Å². The second-order valence-corrected chi connectivity index (χ2v) is 5.59. The lowest BCUT2D eigenvalue weighted by Crippen LogP contribution is -2.17. The molecule has 0 aliphatic rings. The van der Waals surface area contributed by atoms with E-state index in [1.54, 1.807) is 42.5 Å². The van der Waals surface area contributed by atoms with Crippen LogP contribution in [-0.2, 0) is 4.74 Å². The molecule has 0 saturated heterocycles. The molecule has 2 aromatic carbocycles. The van der Waals surface area contributed by atoms with Crippen LogP contribution in [0.4, 0.5) is 21.9 Å². The predicted octanol–water partition coefficient (Wildman–Crippen LogP) is 3.84. The lowest BCUT2D eigenvalue weighted by molar-refractivity contribution is 0.102. The molecule has 0 unspecified atom stereocenters. The Labute approximate surface area is 145 Å². The fraction of sp³-hybridized carbons (Fsp3) is 0.176. The van der Waals surface area contributed by atoms with Crippen LogP contribution in [0, 0.1) is 0 Å². The van der Waals surface area contributed by atoms with E-state index >= 15 is 0 Å². The molecule has 0 aliphatic carbocycles. The van der Waals surface area contributed by atoms with E-state index in [1.165, 1.54) is 7.11 Å². The van der Waals surface area contributed by atoms with Crippen molar-refractivity contribution in [3.63, 3.8) is 0 Å². The topological polar surface area (TPSA) is 70.7 Å². The molecule has 126 valence electrons. The molecule has 0 aromatic heterocycles. The number of carbonyl (C=O) groups is 2. The highest BCUT2D eigenvalue weighted by Gasteiger charge is 2.13. The fourth-order valence-electron chi connectivity index (χ4n) is 2.17. The van der Waals surface area contributed by atoms with E-state index in [0.717, 1.165) is 5.69 Å². The van der Waals surface area contributed by atoms with Crippen molar-refractivity contribution >= 4 is 40.7 Å². The van der Waals surface area contributed by atoms with Crippen molar-refractivity contribution < 1.29 is 14.3 Å². The number of methoxy groups -OCH3 is 1. The van der Waals surface area contributed by atoms with Gasteiger partial charge in [-0.2, -0.15) is 0 Å². The van der Waals surface area contributed by atoms with Crippen LogP contribution in [0.5, 0.6) is 0 Å². The first kappa shape index (κ1) is 17.6. The molecule has 0 saturated carbocycles. The first-order valence-electron chi connectivity index (χ1n) is 7.14. The summed E-state index contributed by atoms with van der Waals surface area (Å²) >= 11 is 6.20. The Hall–Kier alpha value is -2.73. The summed E-state index contributed by atoms with van der Waals surface area (Å²) in [7, 11) is 4.96. The van der Waals surface area contributed by atoms with Crippen LogP contribution in [-0.4, -0.2) is 33.2 Å². The first-order chi connectivity index (χ1) is 11.4. The number of carbonyl (C=O) groups excluding carboxylic acids is 2. The molecule has 2 amide bonds. The van der Waals surface area contributed by atoms with Gasteiger partial charge in [-0.05, 0) is 30.3 Å².